The Bertz CT molecular complexity index is 203. The summed E-state index contributed by atoms with van der Waals surface area (Å²) >= 11 is 0. The van der Waals surface area contributed by atoms with E-state index in [0.717, 1.165) is 17.9 Å². The van der Waals surface area contributed by atoms with E-state index < -0.39 is 0 Å². The number of fused-ring (bicyclic) bond motifs is 1. The van der Waals surface area contributed by atoms with E-state index in [1.165, 1.54) is 0 Å². The maximum absolute atomic E-state index is 5.48. The molecule has 0 N–H and O–H groups in total. The number of hydrogen-bond donors (Lipinski definition) is 0. The summed E-state index contributed by atoms with van der Waals surface area (Å²) in [5.41, 5.74) is 0. The number of ether oxygens (including phenoxy) is 2. The zero-order chi connectivity index (χ0) is 6.97. The third kappa shape index (κ3) is 0.801. The summed E-state index contributed by atoms with van der Waals surface area (Å²) in [7, 11) is 0. The third-order valence-corrected chi connectivity index (χ3v) is 1.65. The van der Waals surface area contributed by atoms with Gasteiger partial charge in [0.15, 0.2) is 11.5 Å². The fourth-order valence-corrected chi connectivity index (χ4v) is 1.17. The molecule has 0 amide bonds. The van der Waals surface area contributed by atoms with Gasteiger partial charge in [0.25, 0.3) is 0 Å². The van der Waals surface area contributed by atoms with E-state index in [1.54, 1.807) is 0 Å². The van der Waals surface area contributed by atoms with Gasteiger partial charge in [-0.3, -0.25) is 0 Å². The fraction of sp³-hybridized carbons (Fsp3) is 0.500. The Morgan fingerprint density at radius 1 is 1.40 bits per heavy atom. The molecule has 0 aromatic heterocycles. The molecule has 1 saturated heterocycles. The van der Waals surface area contributed by atoms with Crippen molar-refractivity contribution < 1.29 is 9.47 Å². The van der Waals surface area contributed by atoms with Crippen LogP contribution in [0, 0.1) is 0 Å². The van der Waals surface area contributed by atoms with Gasteiger partial charge in [-0.05, 0) is 25.5 Å². The summed E-state index contributed by atoms with van der Waals surface area (Å²) in [6, 6.07) is 0. The van der Waals surface area contributed by atoms with E-state index >= 15 is 0 Å². The second-order valence-corrected chi connectivity index (χ2v) is 2.61. The molecule has 1 fully saturated rings. The monoisotopic (exact) mass is 138 g/mol. The van der Waals surface area contributed by atoms with Crippen molar-refractivity contribution in [2.75, 3.05) is 6.61 Å². The Hall–Kier alpha value is -0.920. The first-order valence-electron chi connectivity index (χ1n) is 3.56. The first-order chi connectivity index (χ1) is 4.86. The minimum absolute atomic E-state index is 0.210. The predicted molar refractivity (Wildman–Crippen MR) is 37.3 cm³/mol. The van der Waals surface area contributed by atoms with Crippen LogP contribution in [0.1, 0.15) is 13.3 Å². The van der Waals surface area contributed by atoms with E-state index in [4.69, 9.17) is 9.47 Å². The Balaban J connectivity index is 2.17. The van der Waals surface area contributed by atoms with Gasteiger partial charge in [0.1, 0.15) is 12.7 Å². The molecule has 2 nitrogen and oxygen atoms in total. The number of allylic oxidation sites excluding steroid dienone is 2. The quantitative estimate of drug-likeness (QED) is 0.506. The van der Waals surface area contributed by atoms with Gasteiger partial charge in [0.05, 0.1) is 0 Å². The van der Waals surface area contributed by atoms with E-state index in [9.17, 15) is 0 Å². The zero-order valence-corrected chi connectivity index (χ0v) is 5.96. The van der Waals surface area contributed by atoms with Crippen molar-refractivity contribution in [3.63, 3.8) is 0 Å². The van der Waals surface area contributed by atoms with E-state index in [2.05, 4.69) is 0 Å². The van der Waals surface area contributed by atoms with Gasteiger partial charge in [0, 0.05) is 0 Å². The molecule has 0 spiro atoms. The van der Waals surface area contributed by atoms with Crippen molar-refractivity contribution in [1.82, 2.24) is 0 Å². The van der Waals surface area contributed by atoms with Crippen LogP contribution in [0.2, 0.25) is 0 Å². The Morgan fingerprint density at radius 2 is 2.20 bits per heavy atom. The predicted octanol–water partition coefficient (Wildman–Crippen LogP) is 1.59. The molecule has 1 atom stereocenters. The molecule has 1 heterocycles. The second kappa shape index (κ2) is 2.04. The highest BCUT2D eigenvalue weighted by atomic mass is 16.6. The van der Waals surface area contributed by atoms with Crippen LogP contribution >= 0.6 is 0 Å². The SMILES string of the molecule is CC1COC2=CCC=C2O1. The lowest BCUT2D eigenvalue weighted by molar-refractivity contribution is 0.00493. The first kappa shape index (κ1) is 5.83. The maximum Gasteiger partial charge on any atom is 0.157 e. The molecule has 2 heteroatoms. The Morgan fingerprint density at radius 3 is 3.10 bits per heavy atom. The lowest BCUT2D eigenvalue weighted by atomic mass is 10.3. The molecule has 0 bridgehead atoms. The van der Waals surface area contributed by atoms with Gasteiger partial charge in [0.2, 0.25) is 0 Å². The Labute approximate surface area is 60.1 Å². The van der Waals surface area contributed by atoms with Crippen LogP contribution in [0.3, 0.4) is 0 Å². The van der Waals surface area contributed by atoms with Gasteiger partial charge < -0.3 is 9.47 Å². The van der Waals surface area contributed by atoms with E-state index in [-0.39, 0.29) is 6.10 Å². The fourth-order valence-electron chi connectivity index (χ4n) is 1.17. The molecule has 54 valence electrons. The number of hydrogen-bond acceptors (Lipinski definition) is 2. The third-order valence-electron chi connectivity index (χ3n) is 1.65. The summed E-state index contributed by atoms with van der Waals surface area (Å²) in [6.45, 7) is 2.69. The van der Waals surface area contributed by atoms with Gasteiger partial charge in [-0.25, -0.2) is 0 Å². The second-order valence-electron chi connectivity index (χ2n) is 2.61. The molecule has 1 aliphatic carbocycles. The lowest BCUT2D eigenvalue weighted by Gasteiger charge is -2.24. The molecule has 2 aliphatic rings. The van der Waals surface area contributed by atoms with Gasteiger partial charge in [-0.2, -0.15) is 0 Å². The van der Waals surface area contributed by atoms with Crippen molar-refractivity contribution in [2.24, 2.45) is 0 Å². The molecule has 2 rings (SSSR count). The Kier molecular flexibility index (Phi) is 1.19. The van der Waals surface area contributed by atoms with E-state index in [1.807, 2.05) is 19.1 Å². The first-order valence-corrected chi connectivity index (χ1v) is 3.56. The standard InChI is InChI=1S/C8H10O2/c1-6-5-9-7-3-2-4-8(7)10-6/h3-4,6H,2,5H2,1H3. The van der Waals surface area contributed by atoms with Crippen LogP contribution in [0.25, 0.3) is 0 Å². The van der Waals surface area contributed by atoms with Crippen LogP contribution in [-0.4, -0.2) is 12.7 Å². The molecule has 0 aromatic carbocycles. The smallest absolute Gasteiger partial charge is 0.157 e. The largest absolute Gasteiger partial charge is 0.486 e. The van der Waals surface area contributed by atoms with Crippen LogP contribution < -0.4 is 0 Å². The molecule has 0 radical (unpaired) electrons. The van der Waals surface area contributed by atoms with Crippen LogP contribution in [0.15, 0.2) is 23.7 Å². The molecule has 0 saturated carbocycles. The molecule has 1 aliphatic heterocycles. The van der Waals surface area contributed by atoms with Gasteiger partial charge in [-0.1, -0.05) is 0 Å². The molecule has 0 aromatic rings. The van der Waals surface area contributed by atoms with Crippen molar-refractivity contribution in [2.45, 2.75) is 19.4 Å². The topological polar surface area (TPSA) is 18.5 Å². The summed E-state index contributed by atoms with van der Waals surface area (Å²) < 4.78 is 10.9. The highest BCUT2D eigenvalue weighted by Crippen LogP contribution is 2.26. The van der Waals surface area contributed by atoms with Crippen molar-refractivity contribution in [1.29, 1.82) is 0 Å². The average molecular weight is 138 g/mol. The van der Waals surface area contributed by atoms with Crippen LogP contribution in [0.4, 0.5) is 0 Å². The molecular weight excluding hydrogens is 128 g/mol. The van der Waals surface area contributed by atoms with Gasteiger partial charge in [-0.15, -0.1) is 0 Å². The average Bonchev–Trinajstić information content (AvgIpc) is 2.33. The normalized spacial score (nSPS) is 29.5. The molecular formula is C8H10O2. The summed E-state index contributed by atoms with van der Waals surface area (Å²) in [5, 5.41) is 0. The van der Waals surface area contributed by atoms with Crippen LogP contribution in [-0.2, 0) is 9.47 Å². The minimum Gasteiger partial charge on any atom is -0.486 e. The summed E-state index contributed by atoms with van der Waals surface area (Å²) in [6.07, 6.45) is 5.25. The van der Waals surface area contributed by atoms with Crippen molar-refractivity contribution >= 4 is 0 Å². The van der Waals surface area contributed by atoms with Crippen molar-refractivity contribution in [3.8, 4) is 0 Å². The summed E-state index contributed by atoms with van der Waals surface area (Å²) in [4.78, 5) is 0. The molecule has 10 heavy (non-hydrogen) atoms. The number of rotatable bonds is 0. The van der Waals surface area contributed by atoms with Crippen molar-refractivity contribution in [3.05, 3.63) is 23.7 Å². The maximum atomic E-state index is 5.48. The highest BCUT2D eigenvalue weighted by molar-refractivity contribution is 5.28. The minimum atomic E-state index is 0.210. The zero-order valence-electron chi connectivity index (χ0n) is 5.96. The van der Waals surface area contributed by atoms with E-state index in [0.29, 0.717) is 6.61 Å². The van der Waals surface area contributed by atoms with Gasteiger partial charge >= 0.3 is 0 Å². The lowest BCUT2D eigenvalue weighted by Crippen LogP contribution is -2.21. The summed E-state index contributed by atoms with van der Waals surface area (Å²) in [5.74, 6) is 1.86. The van der Waals surface area contributed by atoms with Crippen LogP contribution in [0.5, 0.6) is 0 Å². The highest BCUT2D eigenvalue weighted by Gasteiger charge is 2.21. The molecule has 1 unspecified atom stereocenters.